The minimum Gasteiger partial charge on any atom is -0.348 e. The summed E-state index contributed by atoms with van der Waals surface area (Å²) in [6, 6.07) is 19.5. The Labute approximate surface area is 188 Å². The summed E-state index contributed by atoms with van der Waals surface area (Å²) in [4.78, 5) is 32.8. The molecule has 2 aromatic carbocycles. The molecule has 1 fully saturated rings. The van der Waals surface area contributed by atoms with Gasteiger partial charge >= 0.3 is 0 Å². The maximum absolute atomic E-state index is 12.6. The van der Waals surface area contributed by atoms with Crippen molar-refractivity contribution < 1.29 is 4.79 Å². The molecule has 4 rings (SSSR count). The molecule has 0 unspecified atom stereocenters. The smallest absolute Gasteiger partial charge is 0.261 e. The molecule has 1 aromatic heterocycles. The summed E-state index contributed by atoms with van der Waals surface area (Å²) in [6.45, 7) is 7.62. The number of nitrogens with zero attached hydrogens (tertiary/aromatic N) is 2. The minimum absolute atomic E-state index is 0.120. The molecule has 1 amide bonds. The third-order valence-corrected chi connectivity index (χ3v) is 5.93. The lowest BCUT2D eigenvalue weighted by Gasteiger charge is -2.32. The van der Waals surface area contributed by atoms with E-state index < -0.39 is 0 Å². The second kappa shape index (κ2) is 9.94. The van der Waals surface area contributed by atoms with E-state index in [-0.39, 0.29) is 17.0 Å². The maximum atomic E-state index is 12.6. The predicted octanol–water partition coefficient (Wildman–Crippen LogP) is 3.03. The lowest BCUT2D eigenvalue weighted by molar-refractivity contribution is 0.0949. The standard InChI is InChI=1S/C26H30N4O2/c1-19-5-3-8-22(15-19)24-10-9-23(26(32)28-24)25(31)27-17-20-6-4-7-21(16-20)18-30-13-11-29(2)12-14-30/h3-10,15-16H,11-14,17-18H2,1-2H3,(H,27,31)(H,28,32). The molecule has 0 aliphatic carbocycles. The van der Waals surface area contributed by atoms with Crippen LogP contribution in [0.4, 0.5) is 0 Å². The Hall–Kier alpha value is -3.22. The second-order valence-corrected chi connectivity index (χ2v) is 8.57. The first-order valence-corrected chi connectivity index (χ1v) is 11.1. The Morgan fingerprint density at radius 2 is 1.72 bits per heavy atom. The molecule has 0 saturated carbocycles. The number of likely N-dealkylation sites (N-methyl/N-ethyl adjacent to an activating group) is 1. The Morgan fingerprint density at radius 1 is 0.969 bits per heavy atom. The van der Waals surface area contributed by atoms with Crippen molar-refractivity contribution in [1.29, 1.82) is 0 Å². The number of carbonyl (C=O) groups is 1. The zero-order valence-electron chi connectivity index (χ0n) is 18.7. The summed E-state index contributed by atoms with van der Waals surface area (Å²) in [5, 5.41) is 2.88. The fourth-order valence-corrected chi connectivity index (χ4v) is 4.01. The summed E-state index contributed by atoms with van der Waals surface area (Å²) in [6.07, 6.45) is 0. The predicted molar refractivity (Wildman–Crippen MR) is 128 cm³/mol. The Bertz CT molecular complexity index is 1150. The van der Waals surface area contributed by atoms with E-state index in [2.05, 4.69) is 39.3 Å². The molecule has 166 valence electrons. The van der Waals surface area contributed by atoms with Gasteiger partial charge in [-0.1, -0.05) is 48.0 Å². The lowest BCUT2D eigenvalue weighted by Crippen LogP contribution is -2.43. The van der Waals surface area contributed by atoms with E-state index in [1.165, 1.54) is 5.56 Å². The molecule has 0 bridgehead atoms. The summed E-state index contributed by atoms with van der Waals surface area (Å²) < 4.78 is 0. The zero-order valence-corrected chi connectivity index (χ0v) is 18.7. The number of H-pyrrole nitrogens is 1. The van der Waals surface area contributed by atoms with Crippen LogP contribution in [0, 0.1) is 6.92 Å². The average molecular weight is 431 g/mol. The van der Waals surface area contributed by atoms with E-state index in [0.717, 1.165) is 49.4 Å². The van der Waals surface area contributed by atoms with Crippen molar-refractivity contribution in [3.8, 4) is 11.3 Å². The van der Waals surface area contributed by atoms with Gasteiger partial charge in [0, 0.05) is 45.0 Å². The van der Waals surface area contributed by atoms with Gasteiger partial charge in [0.15, 0.2) is 0 Å². The van der Waals surface area contributed by atoms with Crippen molar-refractivity contribution in [2.24, 2.45) is 0 Å². The molecule has 2 heterocycles. The van der Waals surface area contributed by atoms with Crippen LogP contribution >= 0.6 is 0 Å². The summed E-state index contributed by atoms with van der Waals surface area (Å²) in [5.41, 5.74) is 4.73. The second-order valence-electron chi connectivity index (χ2n) is 8.57. The molecule has 0 spiro atoms. The quantitative estimate of drug-likeness (QED) is 0.631. The largest absolute Gasteiger partial charge is 0.348 e. The van der Waals surface area contributed by atoms with E-state index in [9.17, 15) is 9.59 Å². The first-order valence-electron chi connectivity index (χ1n) is 11.1. The van der Waals surface area contributed by atoms with Crippen LogP contribution in [0.3, 0.4) is 0 Å². The molecule has 0 radical (unpaired) electrons. The molecular formula is C26H30N4O2. The molecule has 2 N–H and O–H groups in total. The molecule has 32 heavy (non-hydrogen) atoms. The third-order valence-electron chi connectivity index (χ3n) is 5.93. The molecule has 6 nitrogen and oxygen atoms in total. The highest BCUT2D eigenvalue weighted by atomic mass is 16.2. The highest BCUT2D eigenvalue weighted by molar-refractivity contribution is 5.94. The normalized spacial score (nSPS) is 14.9. The van der Waals surface area contributed by atoms with E-state index in [1.54, 1.807) is 12.1 Å². The maximum Gasteiger partial charge on any atom is 0.261 e. The number of benzene rings is 2. The van der Waals surface area contributed by atoms with Gasteiger partial charge in [0.1, 0.15) is 5.56 Å². The Balaban J connectivity index is 1.38. The molecule has 1 aliphatic heterocycles. The fraction of sp³-hybridized carbons (Fsp3) is 0.308. The van der Waals surface area contributed by atoms with Crippen LogP contribution in [0.5, 0.6) is 0 Å². The van der Waals surface area contributed by atoms with Crippen molar-refractivity contribution in [3.05, 3.63) is 93.3 Å². The lowest BCUT2D eigenvalue weighted by atomic mass is 10.1. The van der Waals surface area contributed by atoms with Gasteiger partial charge in [0.25, 0.3) is 11.5 Å². The van der Waals surface area contributed by atoms with Crippen LogP contribution < -0.4 is 10.9 Å². The number of pyridine rings is 1. The number of carbonyl (C=O) groups excluding carboxylic acids is 1. The van der Waals surface area contributed by atoms with Crippen molar-refractivity contribution in [1.82, 2.24) is 20.1 Å². The van der Waals surface area contributed by atoms with Gasteiger partial charge in [-0.2, -0.15) is 0 Å². The molecule has 6 heteroatoms. The van der Waals surface area contributed by atoms with Crippen LogP contribution in [0.1, 0.15) is 27.0 Å². The van der Waals surface area contributed by atoms with Gasteiger partial charge in [-0.3, -0.25) is 14.5 Å². The molecule has 1 saturated heterocycles. The van der Waals surface area contributed by atoms with Crippen molar-refractivity contribution >= 4 is 5.91 Å². The Morgan fingerprint density at radius 3 is 2.47 bits per heavy atom. The van der Waals surface area contributed by atoms with E-state index in [4.69, 9.17) is 0 Å². The topological polar surface area (TPSA) is 68.4 Å². The number of hydrogen-bond acceptors (Lipinski definition) is 4. The van der Waals surface area contributed by atoms with E-state index in [0.29, 0.717) is 12.2 Å². The third kappa shape index (κ3) is 5.52. The van der Waals surface area contributed by atoms with Crippen LogP contribution in [-0.2, 0) is 13.1 Å². The van der Waals surface area contributed by atoms with Gasteiger partial charge in [-0.15, -0.1) is 0 Å². The summed E-state index contributed by atoms with van der Waals surface area (Å²) in [7, 11) is 2.15. The number of amides is 1. The van der Waals surface area contributed by atoms with E-state index >= 15 is 0 Å². The first kappa shape index (κ1) is 22.0. The number of aromatic nitrogens is 1. The molecule has 0 atom stereocenters. The fourth-order valence-electron chi connectivity index (χ4n) is 4.01. The van der Waals surface area contributed by atoms with Gasteiger partial charge in [-0.05, 0) is 48.9 Å². The van der Waals surface area contributed by atoms with Crippen LogP contribution in [-0.4, -0.2) is 53.9 Å². The Kier molecular flexibility index (Phi) is 6.83. The average Bonchev–Trinajstić information content (AvgIpc) is 2.79. The molecular weight excluding hydrogens is 400 g/mol. The number of hydrogen-bond donors (Lipinski definition) is 2. The van der Waals surface area contributed by atoms with Crippen molar-refractivity contribution in [3.63, 3.8) is 0 Å². The summed E-state index contributed by atoms with van der Waals surface area (Å²) in [5.74, 6) is -0.369. The summed E-state index contributed by atoms with van der Waals surface area (Å²) >= 11 is 0. The van der Waals surface area contributed by atoms with Crippen LogP contribution in [0.25, 0.3) is 11.3 Å². The number of aryl methyl sites for hydroxylation is 1. The van der Waals surface area contributed by atoms with Gasteiger partial charge in [0.2, 0.25) is 0 Å². The van der Waals surface area contributed by atoms with Crippen LogP contribution in [0.15, 0.2) is 65.5 Å². The van der Waals surface area contributed by atoms with Gasteiger partial charge in [-0.25, -0.2) is 0 Å². The van der Waals surface area contributed by atoms with Gasteiger partial charge in [0.05, 0.1) is 0 Å². The number of rotatable bonds is 6. The zero-order chi connectivity index (χ0) is 22.5. The highest BCUT2D eigenvalue weighted by Crippen LogP contribution is 2.17. The van der Waals surface area contributed by atoms with Crippen LogP contribution in [0.2, 0.25) is 0 Å². The number of piperazine rings is 1. The highest BCUT2D eigenvalue weighted by Gasteiger charge is 2.14. The van der Waals surface area contributed by atoms with Crippen molar-refractivity contribution in [2.45, 2.75) is 20.0 Å². The molecule has 3 aromatic rings. The molecule has 1 aliphatic rings. The number of aromatic amines is 1. The minimum atomic E-state index is -0.384. The SMILES string of the molecule is Cc1cccc(-c2ccc(C(=O)NCc3cccc(CN4CCN(C)CC4)c3)c(=O)[nH]2)c1. The van der Waals surface area contributed by atoms with Crippen molar-refractivity contribution in [2.75, 3.05) is 33.2 Å². The number of nitrogens with one attached hydrogen (secondary N) is 2. The first-order chi connectivity index (χ1) is 15.5. The van der Waals surface area contributed by atoms with E-state index in [1.807, 2.05) is 43.3 Å². The monoisotopic (exact) mass is 430 g/mol. The van der Waals surface area contributed by atoms with Gasteiger partial charge < -0.3 is 15.2 Å².